The topological polar surface area (TPSA) is 23.9 Å². The zero-order valence-corrected chi connectivity index (χ0v) is 9.34. The van der Waals surface area contributed by atoms with Gasteiger partial charge in [-0.15, -0.1) is 0 Å². The molecule has 14 heavy (non-hydrogen) atoms. The largest absolute Gasteiger partial charge is 0.308 e. The predicted octanol–water partition coefficient (Wildman–Crippen LogP) is 4.11. The van der Waals surface area contributed by atoms with Crippen molar-refractivity contribution in [2.45, 2.75) is 46.0 Å². The summed E-state index contributed by atoms with van der Waals surface area (Å²) in [6.07, 6.45) is 12.4. The Balaban J connectivity index is 2.59. The molecule has 0 atom stereocenters. The number of rotatable bonds is 4. The molecule has 0 heterocycles. The van der Waals surface area contributed by atoms with E-state index < -0.39 is 0 Å². The van der Waals surface area contributed by atoms with Crippen LogP contribution in [-0.2, 0) is 0 Å². The van der Waals surface area contributed by atoms with Crippen molar-refractivity contribution in [2.24, 2.45) is 5.92 Å². The number of nitrogens with one attached hydrogen (secondary N) is 1. The first-order valence-electron chi connectivity index (χ1n) is 5.66. The van der Waals surface area contributed by atoms with Crippen molar-refractivity contribution in [2.75, 3.05) is 0 Å². The van der Waals surface area contributed by atoms with Crippen LogP contribution in [0.3, 0.4) is 0 Å². The third-order valence-corrected chi connectivity index (χ3v) is 3.13. The van der Waals surface area contributed by atoms with Gasteiger partial charge in [-0.3, -0.25) is 0 Å². The normalized spacial score (nSPS) is 20.1. The summed E-state index contributed by atoms with van der Waals surface area (Å²) in [7, 11) is 0. The fourth-order valence-corrected chi connectivity index (χ4v) is 1.91. The Bertz CT molecular complexity index is 242. The van der Waals surface area contributed by atoms with Crippen molar-refractivity contribution < 1.29 is 0 Å². The lowest BCUT2D eigenvalue weighted by Crippen LogP contribution is -1.89. The molecule has 1 aliphatic carbocycles. The van der Waals surface area contributed by atoms with E-state index in [0.717, 1.165) is 17.9 Å². The maximum Gasteiger partial charge on any atom is 0.0249 e. The standard InChI is InChI=1S/C13H21N/c1-3-11(2)13(10-14)9-8-12-6-4-5-7-12/h8-10,12,14H,3-7H2,1-2H3/b9-8-,13-11-,14-10?. The van der Waals surface area contributed by atoms with Gasteiger partial charge in [-0.05, 0) is 37.7 Å². The molecule has 0 bridgehead atoms. The molecule has 1 saturated carbocycles. The van der Waals surface area contributed by atoms with Crippen LogP contribution in [0, 0.1) is 11.3 Å². The molecule has 0 unspecified atom stereocenters. The maximum absolute atomic E-state index is 7.33. The van der Waals surface area contributed by atoms with Crippen molar-refractivity contribution in [3.8, 4) is 0 Å². The molecule has 0 spiro atoms. The Kier molecular flexibility index (Phi) is 4.64. The molecule has 1 aliphatic rings. The van der Waals surface area contributed by atoms with Crippen LogP contribution in [-0.4, -0.2) is 6.21 Å². The molecule has 1 N–H and O–H groups in total. The van der Waals surface area contributed by atoms with Crippen molar-refractivity contribution in [1.82, 2.24) is 0 Å². The van der Waals surface area contributed by atoms with Crippen LogP contribution in [0.2, 0.25) is 0 Å². The molecular formula is C13H21N. The highest BCUT2D eigenvalue weighted by Crippen LogP contribution is 2.26. The van der Waals surface area contributed by atoms with Crippen molar-refractivity contribution in [3.63, 3.8) is 0 Å². The highest BCUT2D eigenvalue weighted by atomic mass is 14.3. The minimum absolute atomic E-state index is 0.773. The van der Waals surface area contributed by atoms with Crippen molar-refractivity contribution >= 4 is 6.21 Å². The predicted molar refractivity (Wildman–Crippen MR) is 62.9 cm³/mol. The molecule has 1 heteroatoms. The van der Waals surface area contributed by atoms with E-state index in [1.54, 1.807) is 0 Å². The van der Waals surface area contributed by atoms with Crippen LogP contribution < -0.4 is 0 Å². The molecule has 0 saturated heterocycles. The zero-order valence-electron chi connectivity index (χ0n) is 9.34. The van der Waals surface area contributed by atoms with Gasteiger partial charge in [-0.2, -0.15) is 0 Å². The molecular weight excluding hydrogens is 170 g/mol. The van der Waals surface area contributed by atoms with Crippen LogP contribution in [0.1, 0.15) is 46.0 Å². The third-order valence-electron chi connectivity index (χ3n) is 3.13. The number of allylic oxidation sites excluding steroid dienone is 4. The number of hydrogen-bond acceptors (Lipinski definition) is 1. The molecule has 0 radical (unpaired) electrons. The van der Waals surface area contributed by atoms with E-state index in [4.69, 9.17) is 5.41 Å². The Labute approximate surface area is 87.4 Å². The molecule has 78 valence electrons. The molecule has 1 fully saturated rings. The smallest absolute Gasteiger partial charge is 0.0249 e. The molecule has 0 amide bonds. The highest BCUT2D eigenvalue weighted by Gasteiger charge is 2.11. The summed E-state index contributed by atoms with van der Waals surface area (Å²) in [4.78, 5) is 0. The van der Waals surface area contributed by atoms with Crippen molar-refractivity contribution in [1.29, 1.82) is 5.41 Å². The van der Waals surface area contributed by atoms with Gasteiger partial charge in [0.25, 0.3) is 0 Å². The van der Waals surface area contributed by atoms with E-state index >= 15 is 0 Å². The van der Waals surface area contributed by atoms with E-state index in [1.165, 1.54) is 37.5 Å². The van der Waals surface area contributed by atoms with E-state index in [2.05, 4.69) is 26.0 Å². The minimum Gasteiger partial charge on any atom is -0.308 e. The SMILES string of the molecule is CC/C(C)=C(C=N)/C=C\C1CCCC1. The molecule has 0 aliphatic heterocycles. The van der Waals surface area contributed by atoms with Crippen LogP contribution in [0.25, 0.3) is 0 Å². The van der Waals surface area contributed by atoms with E-state index in [9.17, 15) is 0 Å². The average molecular weight is 191 g/mol. The van der Waals surface area contributed by atoms with Gasteiger partial charge in [0, 0.05) is 6.21 Å². The summed E-state index contributed by atoms with van der Waals surface area (Å²) in [5, 5.41) is 7.33. The quantitative estimate of drug-likeness (QED) is 0.511. The lowest BCUT2D eigenvalue weighted by atomic mass is 10.0. The second-order valence-electron chi connectivity index (χ2n) is 4.14. The van der Waals surface area contributed by atoms with Gasteiger partial charge in [0.05, 0.1) is 0 Å². The average Bonchev–Trinajstić information content (AvgIpc) is 2.71. The van der Waals surface area contributed by atoms with Gasteiger partial charge in [-0.25, -0.2) is 0 Å². The first-order chi connectivity index (χ1) is 6.77. The lowest BCUT2D eigenvalue weighted by Gasteiger charge is -2.03. The van der Waals surface area contributed by atoms with Crippen molar-refractivity contribution in [3.05, 3.63) is 23.3 Å². The van der Waals surface area contributed by atoms with Crippen LogP contribution >= 0.6 is 0 Å². The van der Waals surface area contributed by atoms with E-state index in [-0.39, 0.29) is 0 Å². The van der Waals surface area contributed by atoms with Gasteiger partial charge in [0.15, 0.2) is 0 Å². The second-order valence-corrected chi connectivity index (χ2v) is 4.14. The zero-order chi connectivity index (χ0) is 10.4. The van der Waals surface area contributed by atoms with Gasteiger partial charge < -0.3 is 5.41 Å². The van der Waals surface area contributed by atoms with Crippen LogP contribution in [0.4, 0.5) is 0 Å². The maximum atomic E-state index is 7.33. The fraction of sp³-hybridized carbons (Fsp3) is 0.615. The summed E-state index contributed by atoms with van der Waals surface area (Å²) < 4.78 is 0. The Morgan fingerprint density at radius 3 is 2.50 bits per heavy atom. The third kappa shape index (κ3) is 3.13. The van der Waals surface area contributed by atoms with Crippen LogP contribution in [0.5, 0.6) is 0 Å². The number of hydrogen-bond donors (Lipinski definition) is 1. The lowest BCUT2D eigenvalue weighted by molar-refractivity contribution is 0.685. The summed E-state index contributed by atoms with van der Waals surface area (Å²) >= 11 is 0. The van der Waals surface area contributed by atoms with E-state index in [0.29, 0.717) is 0 Å². The van der Waals surface area contributed by atoms with Gasteiger partial charge in [0.2, 0.25) is 0 Å². The molecule has 0 aromatic rings. The monoisotopic (exact) mass is 191 g/mol. The summed E-state index contributed by atoms with van der Waals surface area (Å²) in [5.74, 6) is 0.773. The summed E-state index contributed by atoms with van der Waals surface area (Å²) in [6.45, 7) is 4.25. The van der Waals surface area contributed by atoms with Gasteiger partial charge in [0.1, 0.15) is 0 Å². The molecule has 1 rings (SSSR count). The Morgan fingerprint density at radius 1 is 1.36 bits per heavy atom. The Morgan fingerprint density at radius 2 is 2.00 bits per heavy atom. The molecule has 1 nitrogen and oxygen atoms in total. The van der Waals surface area contributed by atoms with Gasteiger partial charge in [-0.1, -0.05) is 37.5 Å². The van der Waals surface area contributed by atoms with Gasteiger partial charge >= 0.3 is 0 Å². The molecule has 0 aromatic carbocycles. The second kappa shape index (κ2) is 5.79. The first-order valence-corrected chi connectivity index (χ1v) is 5.66. The Hall–Kier alpha value is -0.850. The fourth-order valence-electron chi connectivity index (χ4n) is 1.91. The van der Waals surface area contributed by atoms with Crippen LogP contribution in [0.15, 0.2) is 23.3 Å². The summed E-state index contributed by atoms with van der Waals surface area (Å²) in [6, 6.07) is 0. The first kappa shape index (κ1) is 11.2. The minimum atomic E-state index is 0.773. The highest BCUT2D eigenvalue weighted by molar-refractivity contribution is 5.80. The summed E-state index contributed by atoms with van der Waals surface area (Å²) in [5.41, 5.74) is 2.41. The van der Waals surface area contributed by atoms with E-state index in [1.807, 2.05) is 0 Å². The molecule has 0 aromatic heterocycles.